The summed E-state index contributed by atoms with van der Waals surface area (Å²) >= 11 is 2.22. The Morgan fingerprint density at radius 2 is 1.77 bits per heavy atom. The van der Waals surface area contributed by atoms with Crippen LogP contribution < -0.4 is 0 Å². The fourth-order valence-electron chi connectivity index (χ4n) is 1.87. The second-order valence-electron chi connectivity index (χ2n) is 7.65. The van der Waals surface area contributed by atoms with Crippen LogP contribution >= 0.6 is 22.6 Å². The second-order valence-corrected chi connectivity index (χ2v) is 13.1. The lowest BCUT2D eigenvalue weighted by Crippen LogP contribution is -2.43. The van der Waals surface area contributed by atoms with E-state index in [9.17, 15) is 4.79 Å². The first-order valence-corrected chi connectivity index (χ1v) is 13.3. The number of carbonyl (C=O) groups excluding carboxylic acids is 1. The van der Waals surface area contributed by atoms with Crippen LogP contribution in [0.15, 0.2) is 46.6 Å². The maximum absolute atomic E-state index is 11.0. The number of ether oxygens (including phenoxy) is 1. The minimum absolute atomic E-state index is 0.100. The summed E-state index contributed by atoms with van der Waals surface area (Å²) in [6.07, 6.45) is 17.7. The van der Waals surface area contributed by atoms with Crippen molar-refractivity contribution in [1.29, 1.82) is 0 Å². The zero-order valence-corrected chi connectivity index (χ0v) is 20.3. The fraction of sp³-hybridized carbons (Fsp3) is 0.571. The summed E-state index contributed by atoms with van der Waals surface area (Å²) in [6, 6.07) is 0. The van der Waals surface area contributed by atoms with E-state index in [2.05, 4.69) is 91.6 Å². The van der Waals surface area contributed by atoms with Gasteiger partial charge in [-0.3, -0.25) is 4.79 Å². The van der Waals surface area contributed by atoms with E-state index < -0.39 is 8.32 Å². The van der Waals surface area contributed by atoms with Crippen LogP contribution in [-0.4, -0.2) is 27.5 Å². The normalized spacial score (nSPS) is 14.9. The third-order valence-corrected chi connectivity index (χ3v) is 9.40. The maximum atomic E-state index is 11.0. The van der Waals surface area contributed by atoms with Crippen LogP contribution in [0.2, 0.25) is 18.1 Å². The van der Waals surface area contributed by atoms with E-state index in [0.717, 1.165) is 19.3 Å². The van der Waals surface area contributed by atoms with E-state index in [0.29, 0.717) is 6.42 Å². The van der Waals surface area contributed by atoms with Gasteiger partial charge in [-0.1, -0.05) is 85.9 Å². The lowest BCUT2D eigenvalue weighted by atomic mass is 10.2. The first-order chi connectivity index (χ1) is 12.1. The summed E-state index contributed by atoms with van der Waals surface area (Å²) in [4.78, 5) is 11.0. The van der Waals surface area contributed by atoms with Crippen molar-refractivity contribution in [2.24, 2.45) is 0 Å². The Hall–Kier alpha value is -0.663. The third kappa shape index (κ3) is 11.9. The average Bonchev–Trinajstić information content (AvgIpc) is 2.55. The summed E-state index contributed by atoms with van der Waals surface area (Å²) in [7, 11) is -0.380. The van der Waals surface area contributed by atoms with Crippen molar-refractivity contribution >= 4 is 36.9 Å². The quantitative estimate of drug-likeness (QED) is 0.106. The molecule has 0 saturated heterocycles. The summed E-state index contributed by atoms with van der Waals surface area (Å²) < 4.78 is 13.1. The van der Waals surface area contributed by atoms with Gasteiger partial charge in [0.15, 0.2) is 8.32 Å². The smallest absolute Gasteiger partial charge is 0.305 e. The molecular weight excluding hydrogens is 455 g/mol. The van der Waals surface area contributed by atoms with Gasteiger partial charge in [-0.15, -0.1) is 0 Å². The van der Waals surface area contributed by atoms with Gasteiger partial charge in [-0.25, -0.2) is 0 Å². The molecule has 0 bridgehead atoms. The molecule has 0 aromatic heterocycles. The number of carbonyl (C=O) groups is 1. The Balaban J connectivity index is 4.56. The van der Waals surface area contributed by atoms with Crippen molar-refractivity contribution in [2.45, 2.75) is 70.7 Å². The summed E-state index contributed by atoms with van der Waals surface area (Å²) in [5.74, 6) is -0.164. The van der Waals surface area contributed by atoms with Crippen molar-refractivity contribution in [1.82, 2.24) is 0 Å². The molecule has 1 atom stereocenters. The number of hydrogen-bond donors (Lipinski definition) is 0. The van der Waals surface area contributed by atoms with Gasteiger partial charge in [0.05, 0.1) is 13.2 Å². The highest BCUT2D eigenvalue weighted by Gasteiger charge is 2.38. The molecular formula is C21H35IO3Si. The molecule has 0 spiro atoms. The molecule has 0 aromatic rings. The van der Waals surface area contributed by atoms with Gasteiger partial charge in [0, 0.05) is 6.42 Å². The van der Waals surface area contributed by atoms with Crippen LogP contribution in [0.5, 0.6) is 0 Å². The van der Waals surface area contributed by atoms with Crippen molar-refractivity contribution < 1.29 is 14.0 Å². The molecule has 0 amide bonds. The maximum Gasteiger partial charge on any atom is 0.305 e. The molecule has 0 unspecified atom stereocenters. The monoisotopic (exact) mass is 490 g/mol. The van der Waals surface area contributed by atoms with E-state index in [1.807, 2.05) is 16.2 Å². The molecule has 148 valence electrons. The summed E-state index contributed by atoms with van der Waals surface area (Å²) in [5, 5.41) is 0.199. The van der Waals surface area contributed by atoms with E-state index in [-0.39, 0.29) is 17.1 Å². The number of methoxy groups -OCH3 is 1. The predicted octanol–water partition coefficient (Wildman–Crippen LogP) is 6.73. The van der Waals surface area contributed by atoms with Crippen molar-refractivity contribution in [2.75, 3.05) is 7.11 Å². The first kappa shape index (κ1) is 25.3. The summed E-state index contributed by atoms with van der Waals surface area (Å²) in [5.41, 5.74) is 0. The molecule has 0 N–H and O–H groups in total. The van der Waals surface area contributed by atoms with Crippen LogP contribution in [0.1, 0.15) is 46.5 Å². The minimum atomic E-state index is -1.80. The standard InChI is InChI=1S/C21H35IO3Si/c1-21(2,3)26(5,6)25-19(16-13-14-18-22)15-11-9-7-8-10-12-17-20(23)24-4/h8-11,13-14,16,18-19H,7,12,15,17H2,1-6H3/b10-8-,11-9-,16-13+,18-14+/t19-/m1/s1. The highest BCUT2D eigenvalue weighted by Crippen LogP contribution is 2.37. The summed E-state index contributed by atoms with van der Waals surface area (Å²) in [6.45, 7) is 11.4. The van der Waals surface area contributed by atoms with Crippen molar-refractivity contribution in [3.63, 3.8) is 0 Å². The van der Waals surface area contributed by atoms with Gasteiger partial charge in [0.2, 0.25) is 0 Å². The Morgan fingerprint density at radius 3 is 2.35 bits per heavy atom. The van der Waals surface area contributed by atoms with Gasteiger partial charge in [0.25, 0.3) is 0 Å². The number of halogens is 1. The third-order valence-electron chi connectivity index (χ3n) is 4.48. The molecule has 0 radical (unpaired) electrons. The molecule has 0 heterocycles. The van der Waals surface area contributed by atoms with Gasteiger partial charge in [-0.05, 0) is 41.5 Å². The molecule has 0 aliphatic heterocycles. The average molecular weight is 490 g/mol. The first-order valence-electron chi connectivity index (χ1n) is 9.12. The zero-order chi connectivity index (χ0) is 20.1. The SMILES string of the molecule is COC(=O)CC/C=C\C/C=C\C[C@H](/C=C/C=C/I)O[Si](C)(C)C(C)(C)C. The zero-order valence-electron chi connectivity index (χ0n) is 17.1. The van der Waals surface area contributed by atoms with Gasteiger partial charge in [-0.2, -0.15) is 0 Å². The molecule has 5 heteroatoms. The predicted molar refractivity (Wildman–Crippen MR) is 123 cm³/mol. The van der Waals surface area contributed by atoms with E-state index in [1.165, 1.54) is 7.11 Å². The molecule has 0 fully saturated rings. The van der Waals surface area contributed by atoms with E-state index >= 15 is 0 Å². The van der Waals surface area contributed by atoms with Crippen LogP contribution in [0.4, 0.5) is 0 Å². The van der Waals surface area contributed by atoms with Gasteiger partial charge < -0.3 is 9.16 Å². The van der Waals surface area contributed by atoms with E-state index in [4.69, 9.17) is 4.43 Å². The Bertz CT molecular complexity index is 514. The molecule has 0 aliphatic rings. The van der Waals surface area contributed by atoms with E-state index in [1.54, 1.807) is 0 Å². The second kappa shape index (κ2) is 13.5. The molecule has 0 aromatic carbocycles. The largest absolute Gasteiger partial charge is 0.469 e. The minimum Gasteiger partial charge on any atom is -0.469 e. The van der Waals surface area contributed by atoms with Crippen LogP contribution in [0, 0.1) is 0 Å². The Kier molecular flexibility index (Phi) is 13.2. The number of hydrogen-bond acceptors (Lipinski definition) is 3. The molecule has 0 rings (SSSR count). The van der Waals surface area contributed by atoms with Crippen molar-refractivity contribution in [3.05, 3.63) is 46.6 Å². The molecule has 0 aliphatic carbocycles. The lowest BCUT2D eigenvalue weighted by molar-refractivity contribution is -0.140. The lowest BCUT2D eigenvalue weighted by Gasteiger charge is -2.38. The Labute approximate surface area is 174 Å². The van der Waals surface area contributed by atoms with Crippen LogP contribution in [0.25, 0.3) is 0 Å². The van der Waals surface area contributed by atoms with Gasteiger partial charge in [0.1, 0.15) is 0 Å². The number of rotatable bonds is 11. The molecule has 3 nitrogen and oxygen atoms in total. The van der Waals surface area contributed by atoms with Crippen LogP contribution in [-0.2, 0) is 14.0 Å². The highest BCUT2D eigenvalue weighted by molar-refractivity contribution is 14.1. The molecule has 0 saturated carbocycles. The number of allylic oxidation sites excluding steroid dienone is 5. The topological polar surface area (TPSA) is 35.5 Å². The number of esters is 1. The van der Waals surface area contributed by atoms with Crippen molar-refractivity contribution in [3.8, 4) is 0 Å². The highest BCUT2D eigenvalue weighted by atomic mass is 127. The fourth-order valence-corrected chi connectivity index (χ4v) is 3.40. The molecule has 26 heavy (non-hydrogen) atoms. The van der Waals surface area contributed by atoms with Crippen LogP contribution in [0.3, 0.4) is 0 Å². The Morgan fingerprint density at radius 1 is 1.12 bits per heavy atom. The van der Waals surface area contributed by atoms with Gasteiger partial charge >= 0.3 is 5.97 Å².